The molecule has 1 heterocycles. The molecule has 1 aromatic carbocycles. The molecule has 1 unspecified atom stereocenters. The second-order valence-electron chi connectivity index (χ2n) is 5.05. The lowest BCUT2D eigenvalue weighted by Crippen LogP contribution is -2.60. The molecule has 0 saturated carbocycles. The third-order valence-electron chi connectivity index (χ3n) is 3.62. The summed E-state index contributed by atoms with van der Waals surface area (Å²) in [5, 5.41) is 0. The number of hydrogen-bond donors (Lipinski definition) is 2. The first-order valence-corrected chi connectivity index (χ1v) is 6.12. The molecule has 0 aliphatic heterocycles. The van der Waals surface area contributed by atoms with Crippen LogP contribution in [0.15, 0.2) is 12.1 Å². The monoisotopic (exact) mass is 300 g/mol. The van der Waals surface area contributed by atoms with Gasteiger partial charge >= 0.3 is 6.18 Å². The number of rotatable bonds is 2. The van der Waals surface area contributed by atoms with Crippen LogP contribution in [-0.2, 0) is 10.5 Å². The number of Topliss-reactive ketones (excluding diaryl/α,β-unsaturated/α-hetero) is 1. The number of imidazole rings is 1. The Bertz CT molecular complexity index is 735. The van der Waals surface area contributed by atoms with Crippen molar-refractivity contribution >= 4 is 22.8 Å². The zero-order valence-corrected chi connectivity index (χ0v) is 11.7. The Labute approximate surface area is 118 Å². The second kappa shape index (κ2) is 4.45. The lowest BCUT2D eigenvalue weighted by molar-refractivity contribution is -0.209. The van der Waals surface area contributed by atoms with E-state index in [2.05, 4.69) is 4.98 Å². The van der Waals surface area contributed by atoms with Crippen LogP contribution in [0.4, 0.5) is 19.1 Å². The van der Waals surface area contributed by atoms with Gasteiger partial charge in [0.15, 0.2) is 5.78 Å². The van der Waals surface area contributed by atoms with E-state index in [0.29, 0.717) is 4.57 Å². The zero-order chi connectivity index (χ0) is 16.2. The topological polar surface area (TPSA) is 86.9 Å². The zero-order valence-electron chi connectivity index (χ0n) is 11.7. The number of nitrogen functional groups attached to an aromatic ring is 1. The van der Waals surface area contributed by atoms with Crippen molar-refractivity contribution in [1.82, 2.24) is 9.55 Å². The van der Waals surface area contributed by atoms with Gasteiger partial charge < -0.3 is 5.73 Å². The van der Waals surface area contributed by atoms with Crippen molar-refractivity contribution in [2.75, 3.05) is 5.73 Å². The first-order valence-electron chi connectivity index (χ1n) is 6.12. The summed E-state index contributed by atoms with van der Waals surface area (Å²) < 4.78 is 40.6. The number of benzene rings is 1. The average Bonchev–Trinajstić information content (AvgIpc) is 2.63. The lowest BCUT2D eigenvalue weighted by Gasteiger charge is -2.31. The van der Waals surface area contributed by atoms with E-state index < -0.39 is 23.6 Å². The number of ketones is 1. The summed E-state index contributed by atoms with van der Waals surface area (Å²) in [6, 6.07) is 3.10. The first kappa shape index (κ1) is 15.3. The Morgan fingerprint density at radius 2 is 1.76 bits per heavy atom. The summed E-state index contributed by atoms with van der Waals surface area (Å²) in [5.41, 5.74) is 9.69. The van der Waals surface area contributed by atoms with Crippen LogP contribution < -0.4 is 11.5 Å². The number of alkyl halides is 3. The number of fused-ring (bicyclic) bond motifs is 1. The summed E-state index contributed by atoms with van der Waals surface area (Å²) in [6.45, 7) is 4.32. The maximum absolute atomic E-state index is 13.4. The maximum Gasteiger partial charge on any atom is 0.432 e. The normalized spacial score (nSPS) is 15.2. The Morgan fingerprint density at radius 3 is 2.24 bits per heavy atom. The smallest absolute Gasteiger partial charge is 0.369 e. The number of hydrogen-bond acceptors (Lipinski definition) is 4. The number of carbonyl (C=O) groups excluding carboxylic acids is 1. The highest BCUT2D eigenvalue weighted by Gasteiger charge is 2.58. The molecule has 1 aromatic heterocycles. The molecule has 0 aliphatic carbocycles. The number of aromatic nitrogens is 2. The summed E-state index contributed by atoms with van der Waals surface area (Å²) in [7, 11) is 0. The van der Waals surface area contributed by atoms with Crippen molar-refractivity contribution in [3.63, 3.8) is 0 Å². The van der Waals surface area contributed by atoms with Crippen LogP contribution in [0.5, 0.6) is 0 Å². The standard InChI is InChI=1S/C13H15F3N4O/c1-6-4-9-10(5-7(6)2)20(11(17)19-9)12(18,8(3)21)13(14,15)16/h4-5H,18H2,1-3H3,(H2,17,19). The van der Waals surface area contributed by atoms with Crippen molar-refractivity contribution in [2.24, 2.45) is 5.73 Å². The highest BCUT2D eigenvalue weighted by atomic mass is 19.4. The summed E-state index contributed by atoms with van der Waals surface area (Å²) in [4.78, 5) is 15.5. The van der Waals surface area contributed by atoms with Gasteiger partial charge in [0, 0.05) is 0 Å². The van der Waals surface area contributed by atoms with Crippen LogP contribution in [0.2, 0.25) is 0 Å². The van der Waals surface area contributed by atoms with Crippen LogP contribution in [-0.4, -0.2) is 21.5 Å². The third-order valence-corrected chi connectivity index (χ3v) is 3.62. The highest BCUT2D eigenvalue weighted by Crippen LogP contribution is 2.38. The minimum absolute atomic E-state index is 0.0747. The Hall–Kier alpha value is -2.09. The lowest BCUT2D eigenvalue weighted by atomic mass is 10.0. The summed E-state index contributed by atoms with van der Waals surface area (Å²) in [5.74, 6) is -1.72. The number of carbonyl (C=O) groups is 1. The Morgan fingerprint density at radius 1 is 1.24 bits per heavy atom. The van der Waals surface area contributed by atoms with Gasteiger partial charge in [0.2, 0.25) is 5.95 Å². The second-order valence-corrected chi connectivity index (χ2v) is 5.05. The van der Waals surface area contributed by atoms with E-state index in [4.69, 9.17) is 11.5 Å². The quantitative estimate of drug-likeness (QED) is 0.888. The molecule has 1 atom stereocenters. The van der Waals surface area contributed by atoms with Crippen LogP contribution in [0.25, 0.3) is 11.0 Å². The van der Waals surface area contributed by atoms with Gasteiger partial charge in [0.1, 0.15) is 0 Å². The molecule has 0 fully saturated rings. The van der Waals surface area contributed by atoms with Crippen molar-refractivity contribution in [3.8, 4) is 0 Å². The van der Waals surface area contributed by atoms with E-state index in [-0.39, 0.29) is 11.0 Å². The van der Waals surface area contributed by atoms with E-state index in [1.54, 1.807) is 19.9 Å². The summed E-state index contributed by atoms with van der Waals surface area (Å²) in [6.07, 6.45) is -5.00. The Kier molecular flexibility index (Phi) is 3.25. The minimum atomic E-state index is -5.00. The molecular weight excluding hydrogens is 285 g/mol. The first-order chi connectivity index (χ1) is 9.50. The van der Waals surface area contributed by atoms with Crippen LogP contribution in [0.3, 0.4) is 0 Å². The maximum atomic E-state index is 13.4. The minimum Gasteiger partial charge on any atom is -0.369 e. The molecule has 2 aromatic rings. The number of aryl methyl sites for hydroxylation is 2. The average molecular weight is 300 g/mol. The van der Waals surface area contributed by atoms with Gasteiger partial charge in [0.25, 0.3) is 5.66 Å². The number of nitrogens with zero attached hydrogens (tertiary/aromatic N) is 2. The number of anilines is 1. The number of nitrogens with two attached hydrogens (primary N) is 2. The van der Waals surface area contributed by atoms with Gasteiger partial charge in [-0.2, -0.15) is 13.2 Å². The Balaban J connectivity index is 2.90. The molecule has 0 radical (unpaired) electrons. The van der Waals surface area contributed by atoms with Crippen LogP contribution >= 0.6 is 0 Å². The fourth-order valence-corrected chi connectivity index (χ4v) is 2.21. The van der Waals surface area contributed by atoms with E-state index in [1.807, 2.05) is 0 Å². The molecule has 0 saturated heterocycles. The molecule has 0 amide bonds. The highest BCUT2D eigenvalue weighted by molar-refractivity contribution is 5.89. The van der Waals surface area contributed by atoms with Gasteiger partial charge in [-0.1, -0.05) is 0 Å². The van der Waals surface area contributed by atoms with Gasteiger partial charge in [-0.3, -0.25) is 15.1 Å². The van der Waals surface area contributed by atoms with E-state index >= 15 is 0 Å². The predicted molar refractivity (Wildman–Crippen MR) is 72.5 cm³/mol. The van der Waals surface area contributed by atoms with Gasteiger partial charge in [0.05, 0.1) is 11.0 Å². The van der Waals surface area contributed by atoms with Gasteiger partial charge in [-0.05, 0) is 44.0 Å². The molecule has 2 rings (SSSR count). The summed E-state index contributed by atoms with van der Waals surface area (Å²) >= 11 is 0. The fourth-order valence-electron chi connectivity index (χ4n) is 2.21. The molecule has 114 valence electrons. The van der Waals surface area contributed by atoms with E-state index in [9.17, 15) is 18.0 Å². The van der Waals surface area contributed by atoms with Crippen LogP contribution in [0.1, 0.15) is 18.1 Å². The predicted octanol–water partition coefficient (Wildman–Crippen LogP) is 2.00. The number of halogens is 3. The van der Waals surface area contributed by atoms with Gasteiger partial charge in [-0.25, -0.2) is 4.98 Å². The van der Waals surface area contributed by atoms with Crippen molar-refractivity contribution in [1.29, 1.82) is 0 Å². The molecule has 0 spiro atoms. The molecule has 4 N–H and O–H groups in total. The third kappa shape index (κ3) is 2.06. The molecule has 21 heavy (non-hydrogen) atoms. The van der Waals surface area contributed by atoms with Crippen molar-refractivity contribution in [2.45, 2.75) is 32.6 Å². The fraction of sp³-hybridized carbons (Fsp3) is 0.385. The van der Waals surface area contributed by atoms with Crippen molar-refractivity contribution < 1.29 is 18.0 Å². The molecule has 8 heteroatoms. The molecular formula is C13H15F3N4O. The molecule has 0 aliphatic rings. The van der Waals surface area contributed by atoms with Crippen molar-refractivity contribution in [3.05, 3.63) is 23.3 Å². The van der Waals surface area contributed by atoms with Crippen LogP contribution in [0, 0.1) is 13.8 Å². The SMILES string of the molecule is CC(=O)C(N)(n1c(N)nc2cc(C)c(C)cc21)C(F)(F)F. The van der Waals surface area contributed by atoms with E-state index in [0.717, 1.165) is 18.1 Å². The largest absolute Gasteiger partial charge is 0.432 e. The van der Waals surface area contributed by atoms with E-state index in [1.165, 1.54) is 6.07 Å². The molecule has 0 bridgehead atoms. The molecule has 5 nitrogen and oxygen atoms in total. The van der Waals surface area contributed by atoms with Gasteiger partial charge in [-0.15, -0.1) is 0 Å².